The van der Waals surface area contributed by atoms with Crippen molar-refractivity contribution in [3.63, 3.8) is 0 Å². The van der Waals surface area contributed by atoms with Crippen molar-refractivity contribution in [2.45, 2.75) is 6.92 Å². The molecule has 0 aromatic heterocycles. The Hall–Kier alpha value is -3.22. The Morgan fingerprint density at radius 2 is 1.79 bits per heavy atom. The fraction of sp³-hybridized carbons (Fsp3) is 0.118. The van der Waals surface area contributed by atoms with Crippen LogP contribution in [0.5, 0.6) is 5.75 Å². The van der Waals surface area contributed by atoms with Gasteiger partial charge in [-0.05, 0) is 31.2 Å². The molecule has 1 unspecified atom stereocenters. The lowest BCUT2D eigenvalue weighted by Gasteiger charge is -2.11. The minimum absolute atomic E-state index is 0.000130. The normalized spacial score (nSPS) is 11.9. The SMILES string of the molecule is CC(C(=O)NN=Cc1ccccc1O)C(=O)Nc1ccccc1F. The van der Waals surface area contributed by atoms with Gasteiger partial charge in [0.1, 0.15) is 17.5 Å². The second kappa shape index (κ2) is 7.87. The number of anilines is 1. The predicted octanol–water partition coefficient (Wildman–Crippen LogP) is 2.26. The molecule has 2 rings (SSSR count). The van der Waals surface area contributed by atoms with E-state index in [0.717, 1.165) is 0 Å². The van der Waals surface area contributed by atoms with Crippen molar-refractivity contribution in [1.82, 2.24) is 5.43 Å². The average molecular weight is 329 g/mol. The molecule has 7 heteroatoms. The molecule has 24 heavy (non-hydrogen) atoms. The summed E-state index contributed by atoms with van der Waals surface area (Å²) >= 11 is 0. The third-order valence-electron chi connectivity index (χ3n) is 3.23. The van der Waals surface area contributed by atoms with Gasteiger partial charge in [-0.15, -0.1) is 0 Å². The molecule has 0 radical (unpaired) electrons. The summed E-state index contributed by atoms with van der Waals surface area (Å²) in [5.74, 6) is -2.96. The lowest BCUT2D eigenvalue weighted by molar-refractivity contribution is -0.131. The van der Waals surface area contributed by atoms with Crippen molar-refractivity contribution in [2.75, 3.05) is 5.32 Å². The lowest BCUT2D eigenvalue weighted by atomic mass is 10.1. The van der Waals surface area contributed by atoms with E-state index in [1.807, 2.05) is 0 Å². The summed E-state index contributed by atoms with van der Waals surface area (Å²) < 4.78 is 13.5. The number of halogens is 1. The summed E-state index contributed by atoms with van der Waals surface area (Å²) in [6, 6.07) is 12.1. The van der Waals surface area contributed by atoms with Gasteiger partial charge in [-0.1, -0.05) is 24.3 Å². The van der Waals surface area contributed by atoms with Crippen LogP contribution in [-0.2, 0) is 9.59 Å². The number of phenolic OH excluding ortho intramolecular Hbond substituents is 1. The predicted molar refractivity (Wildman–Crippen MR) is 88.0 cm³/mol. The Balaban J connectivity index is 1.93. The van der Waals surface area contributed by atoms with Crippen LogP contribution < -0.4 is 10.7 Å². The van der Waals surface area contributed by atoms with Crippen LogP contribution in [0.15, 0.2) is 53.6 Å². The van der Waals surface area contributed by atoms with Crippen LogP contribution in [0.25, 0.3) is 0 Å². The van der Waals surface area contributed by atoms with E-state index >= 15 is 0 Å². The Labute approximate surface area is 138 Å². The zero-order valence-corrected chi connectivity index (χ0v) is 12.9. The summed E-state index contributed by atoms with van der Waals surface area (Å²) in [5, 5.41) is 15.6. The number of rotatable bonds is 5. The molecule has 6 nitrogen and oxygen atoms in total. The van der Waals surface area contributed by atoms with Crippen molar-refractivity contribution in [1.29, 1.82) is 0 Å². The van der Waals surface area contributed by atoms with Gasteiger partial charge in [0.15, 0.2) is 0 Å². The maximum absolute atomic E-state index is 13.5. The number of para-hydroxylation sites is 2. The molecule has 0 aliphatic carbocycles. The number of hydrogen-bond donors (Lipinski definition) is 3. The number of phenols is 1. The molecular weight excluding hydrogens is 313 g/mol. The van der Waals surface area contributed by atoms with Crippen LogP contribution in [-0.4, -0.2) is 23.1 Å². The molecule has 124 valence electrons. The molecule has 2 amide bonds. The van der Waals surface area contributed by atoms with Crippen LogP contribution in [0.1, 0.15) is 12.5 Å². The maximum Gasteiger partial charge on any atom is 0.252 e. The van der Waals surface area contributed by atoms with Gasteiger partial charge in [0.05, 0.1) is 11.9 Å². The summed E-state index contributed by atoms with van der Waals surface area (Å²) in [7, 11) is 0. The third kappa shape index (κ3) is 4.39. The molecule has 0 fully saturated rings. The summed E-state index contributed by atoms with van der Waals surface area (Å²) in [6.07, 6.45) is 1.26. The van der Waals surface area contributed by atoms with E-state index in [-0.39, 0.29) is 11.4 Å². The van der Waals surface area contributed by atoms with Crippen LogP contribution in [0.2, 0.25) is 0 Å². The van der Waals surface area contributed by atoms with Gasteiger partial charge in [-0.2, -0.15) is 5.10 Å². The van der Waals surface area contributed by atoms with Crippen molar-refractivity contribution >= 4 is 23.7 Å². The van der Waals surface area contributed by atoms with Crippen LogP contribution >= 0.6 is 0 Å². The highest BCUT2D eigenvalue weighted by Gasteiger charge is 2.22. The van der Waals surface area contributed by atoms with Crippen LogP contribution in [0.4, 0.5) is 10.1 Å². The number of aromatic hydroxyl groups is 1. The topological polar surface area (TPSA) is 90.8 Å². The van der Waals surface area contributed by atoms with Gasteiger partial charge in [0, 0.05) is 5.56 Å². The molecule has 0 saturated carbocycles. The summed E-state index contributed by atoms with van der Waals surface area (Å²) in [4.78, 5) is 23.9. The van der Waals surface area contributed by atoms with Gasteiger partial charge in [0.2, 0.25) is 5.91 Å². The molecule has 0 aliphatic rings. The minimum atomic E-state index is -1.08. The quantitative estimate of drug-likeness (QED) is 0.446. The highest BCUT2D eigenvalue weighted by molar-refractivity contribution is 6.06. The largest absolute Gasteiger partial charge is 0.507 e. The van der Waals surface area contributed by atoms with E-state index in [0.29, 0.717) is 5.56 Å². The Morgan fingerprint density at radius 1 is 1.12 bits per heavy atom. The monoisotopic (exact) mass is 329 g/mol. The van der Waals surface area contributed by atoms with Gasteiger partial charge in [-0.25, -0.2) is 9.82 Å². The molecule has 2 aromatic rings. The van der Waals surface area contributed by atoms with E-state index in [1.54, 1.807) is 24.3 Å². The Kier molecular flexibility index (Phi) is 5.62. The molecule has 0 bridgehead atoms. The number of benzene rings is 2. The van der Waals surface area contributed by atoms with Crippen molar-refractivity contribution < 1.29 is 19.1 Å². The number of carbonyl (C=O) groups excluding carboxylic acids is 2. The van der Waals surface area contributed by atoms with Crippen molar-refractivity contribution in [3.8, 4) is 5.75 Å². The number of nitrogens with one attached hydrogen (secondary N) is 2. The van der Waals surface area contributed by atoms with E-state index in [9.17, 15) is 19.1 Å². The first-order valence-corrected chi connectivity index (χ1v) is 7.15. The fourth-order valence-corrected chi connectivity index (χ4v) is 1.78. The van der Waals surface area contributed by atoms with Gasteiger partial charge < -0.3 is 10.4 Å². The van der Waals surface area contributed by atoms with Gasteiger partial charge >= 0.3 is 0 Å². The zero-order valence-electron chi connectivity index (χ0n) is 12.9. The fourth-order valence-electron chi connectivity index (χ4n) is 1.78. The Bertz CT molecular complexity index is 777. The number of carbonyl (C=O) groups is 2. The van der Waals surface area contributed by atoms with E-state index < -0.39 is 23.5 Å². The Morgan fingerprint density at radius 3 is 2.50 bits per heavy atom. The molecule has 0 aliphatic heterocycles. The first kappa shape index (κ1) is 17.1. The third-order valence-corrected chi connectivity index (χ3v) is 3.23. The molecular formula is C17H16FN3O3. The highest BCUT2D eigenvalue weighted by atomic mass is 19.1. The van der Waals surface area contributed by atoms with Crippen molar-refractivity contribution in [3.05, 3.63) is 59.9 Å². The molecule has 3 N–H and O–H groups in total. The smallest absolute Gasteiger partial charge is 0.252 e. The molecule has 0 spiro atoms. The first-order valence-electron chi connectivity index (χ1n) is 7.15. The minimum Gasteiger partial charge on any atom is -0.507 e. The molecule has 0 heterocycles. The second-order valence-corrected chi connectivity index (χ2v) is 4.98. The summed E-state index contributed by atoms with van der Waals surface area (Å²) in [5.41, 5.74) is 2.62. The average Bonchev–Trinajstić information content (AvgIpc) is 2.57. The standard InChI is InChI=1S/C17H16FN3O3/c1-11(16(23)20-14-8-4-3-7-13(14)18)17(24)21-19-10-12-6-2-5-9-15(12)22/h2-11,22H,1H3,(H,20,23)(H,21,24). The maximum atomic E-state index is 13.5. The summed E-state index contributed by atoms with van der Waals surface area (Å²) in [6.45, 7) is 1.38. The lowest BCUT2D eigenvalue weighted by Crippen LogP contribution is -2.34. The highest BCUT2D eigenvalue weighted by Crippen LogP contribution is 2.14. The number of hydrogen-bond acceptors (Lipinski definition) is 4. The number of hydrazone groups is 1. The molecule has 2 aromatic carbocycles. The zero-order chi connectivity index (χ0) is 17.5. The molecule has 0 saturated heterocycles. The van der Waals surface area contributed by atoms with E-state index in [4.69, 9.17) is 0 Å². The molecule has 1 atom stereocenters. The second-order valence-electron chi connectivity index (χ2n) is 4.98. The van der Waals surface area contributed by atoms with Crippen molar-refractivity contribution in [2.24, 2.45) is 11.0 Å². The van der Waals surface area contributed by atoms with Crippen LogP contribution in [0, 0.1) is 11.7 Å². The number of nitrogens with zero attached hydrogens (tertiary/aromatic N) is 1. The van der Waals surface area contributed by atoms with E-state index in [1.165, 1.54) is 37.4 Å². The first-order chi connectivity index (χ1) is 11.5. The van der Waals surface area contributed by atoms with Crippen LogP contribution in [0.3, 0.4) is 0 Å². The van der Waals surface area contributed by atoms with Gasteiger partial charge in [0.25, 0.3) is 5.91 Å². The van der Waals surface area contributed by atoms with E-state index in [2.05, 4.69) is 15.8 Å². The van der Waals surface area contributed by atoms with Gasteiger partial charge in [-0.3, -0.25) is 9.59 Å². The number of amides is 2.